The van der Waals surface area contributed by atoms with Gasteiger partial charge in [-0.1, -0.05) is 11.5 Å². The zero-order chi connectivity index (χ0) is 8.27. The number of H-pyrrole nitrogens is 1. The van der Waals surface area contributed by atoms with E-state index in [1.54, 1.807) is 0 Å². The van der Waals surface area contributed by atoms with Gasteiger partial charge in [-0.2, -0.15) is 0 Å². The smallest absolute Gasteiger partial charge is 0.258 e. The number of hydrogen-bond acceptors (Lipinski definition) is 3. The average molecular weight is 168 g/mol. The second-order valence-electron chi connectivity index (χ2n) is 2.13. The van der Waals surface area contributed by atoms with Crippen molar-refractivity contribution in [2.75, 3.05) is 0 Å². The van der Waals surface area contributed by atoms with Gasteiger partial charge >= 0.3 is 0 Å². The summed E-state index contributed by atoms with van der Waals surface area (Å²) >= 11 is 1.24. The van der Waals surface area contributed by atoms with Crippen molar-refractivity contribution >= 4 is 11.5 Å². The molecule has 3 nitrogen and oxygen atoms in total. The highest BCUT2D eigenvalue weighted by atomic mass is 32.1. The zero-order valence-corrected chi connectivity index (χ0v) is 6.65. The molecule has 1 heterocycles. The first kappa shape index (κ1) is 8.05. The van der Waals surface area contributed by atoms with Gasteiger partial charge in [-0.15, -0.1) is 12.3 Å². The summed E-state index contributed by atoms with van der Waals surface area (Å²) in [5.41, 5.74) is 5.51. The molecule has 1 aromatic heterocycles. The van der Waals surface area contributed by atoms with Gasteiger partial charge in [0.1, 0.15) is 0 Å². The Hall–Kier alpha value is -1.05. The molecule has 58 valence electrons. The summed E-state index contributed by atoms with van der Waals surface area (Å²) in [6.07, 6.45) is 5.53. The average Bonchev–Trinajstić information content (AvgIpc) is 2.36. The number of aromatic nitrogens is 1. The first-order chi connectivity index (χ1) is 5.24. The third-order valence-electron chi connectivity index (χ3n) is 1.25. The lowest BCUT2D eigenvalue weighted by Gasteiger charge is -2.01. The van der Waals surface area contributed by atoms with Gasteiger partial charge in [0.25, 0.3) is 5.56 Å². The van der Waals surface area contributed by atoms with Crippen LogP contribution in [0.1, 0.15) is 17.3 Å². The standard InChI is InChI=1S/C7H8N2OS/c1-2-3-5(8)6-4-7(10)9-11-6/h1,4-5H,3,8H2,(H,9,10)/t5-/m1/s1. The van der Waals surface area contributed by atoms with Crippen LogP contribution in [0.15, 0.2) is 10.9 Å². The van der Waals surface area contributed by atoms with Crippen molar-refractivity contribution in [2.45, 2.75) is 12.5 Å². The molecular weight excluding hydrogens is 160 g/mol. The van der Waals surface area contributed by atoms with E-state index in [2.05, 4.69) is 10.3 Å². The minimum atomic E-state index is -0.205. The summed E-state index contributed by atoms with van der Waals surface area (Å²) < 4.78 is 2.55. The molecule has 0 fully saturated rings. The summed E-state index contributed by atoms with van der Waals surface area (Å²) in [7, 11) is 0. The van der Waals surface area contributed by atoms with E-state index in [1.807, 2.05) is 0 Å². The van der Waals surface area contributed by atoms with Crippen LogP contribution in [0.25, 0.3) is 0 Å². The molecule has 3 N–H and O–H groups in total. The van der Waals surface area contributed by atoms with Crippen LogP contribution < -0.4 is 11.3 Å². The van der Waals surface area contributed by atoms with E-state index in [0.717, 1.165) is 4.88 Å². The molecule has 0 unspecified atom stereocenters. The highest BCUT2D eigenvalue weighted by Crippen LogP contribution is 2.13. The molecule has 0 aliphatic rings. The largest absolute Gasteiger partial charge is 0.322 e. The molecule has 0 amide bonds. The van der Waals surface area contributed by atoms with Crippen LogP contribution in [0, 0.1) is 12.3 Å². The van der Waals surface area contributed by atoms with Crippen LogP contribution in [0.3, 0.4) is 0 Å². The van der Waals surface area contributed by atoms with Crippen molar-refractivity contribution in [3.8, 4) is 12.3 Å². The molecule has 0 saturated carbocycles. The highest BCUT2D eigenvalue weighted by molar-refractivity contribution is 7.05. The Bertz CT molecular complexity index is 320. The molecule has 0 aromatic carbocycles. The van der Waals surface area contributed by atoms with Crippen molar-refractivity contribution in [2.24, 2.45) is 5.73 Å². The maximum Gasteiger partial charge on any atom is 0.258 e. The molecule has 1 atom stereocenters. The van der Waals surface area contributed by atoms with Crippen molar-refractivity contribution in [3.05, 3.63) is 21.3 Å². The van der Waals surface area contributed by atoms with Crippen LogP contribution in [0.2, 0.25) is 0 Å². The number of nitrogens with one attached hydrogen (secondary N) is 1. The van der Waals surface area contributed by atoms with E-state index in [-0.39, 0.29) is 11.6 Å². The van der Waals surface area contributed by atoms with E-state index in [0.29, 0.717) is 6.42 Å². The van der Waals surface area contributed by atoms with E-state index < -0.39 is 0 Å². The molecule has 0 saturated heterocycles. The fourth-order valence-corrected chi connectivity index (χ4v) is 1.39. The summed E-state index contributed by atoms with van der Waals surface area (Å²) in [6.45, 7) is 0. The summed E-state index contributed by atoms with van der Waals surface area (Å²) in [5, 5.41) is 0. The second kappa shape index (κ2) is 3.37. The highest BCUT2D eigenvalue weighted by Gasteiger charge is 2.06. The van der Waals surface area contributed by atoms with Crippen molar-refractivity contribution in [1.29, 1.82) is 0 Å². The lowest BCUT2D eigenvalue weighted by molar-refractivity contribution is 0.771. The third kappa shape index (κ3) is 1.93. The predicted molar refractivity (Wildman–Crippen MR) is 45.3 cm³/mol. The second-order valence-corrected chi connectivity index (χ2v) is 3.01. The van der Waals surface area contributed by atoms with Gasteiger partial charge in [-0.3, -0.25) is 9.17 Å². The van der Waals surface area contributed by atoms with E-state index in [4.69, 9.17) is 12.2 Å². The minimum Gasteiger partial charge on any atom is -0.322 e. The molecule has 0 bridgehead atoms. The maximum absolute atomic E-state index is 10.6. The van der Waals surface area contributed by atoms with Crippen molar-refractivity contribution in [1.82, 2.24) is 4.37 Å². The van der Waals surface area contributed by atoms with Crippen LogP contribution >= 0.6 is 11.5 Å². The van der Waals surface area contributed by atoms with Gasteiger partial charge in [0.15, 0.2) is 0 Å². The monoisotopic (exact) mass is 168 g/mol. The molecule has 4 heteroatoms. The Morgan fingerprint density at radius 1 is 1.91 bits per heavy atom. The Morgan fingerprint density at radius 3 is 3.09 bits per heavy atom. The summed E-state index contributed by atoms with van der Waals surface area (Å²) in [6, 6.07) is 1.27. The maximum atomic E-state index is 10.6. The molecule has 0 spiro atoms. The molecule has 11 heavy (non-hydrogen) atoms. The topological polar surface area (TPSA) is 58.9 Å². The lowest BCUT2D eigenvalue weighted by atomic mass is 10.2. The fourth-order valence-electron chi connectivity index (χ4n) is 0.708. The molecule has 0 aliphatic heterocycles. The van der Waals surface area contributed by atoms with Crippen molar-refractivity contribution in [3.63, 3.8) is 0 Å². The van der Waals surface area contributed by atoms with E-state index in [9.17, 15) is 4.79 Å². The number of terminal acetylenes is 1. The van der Waals surface area contributed by atoms with Crippen molar-refractivity contribution < 1.29 is 0 Å². The van der Waals surface area contributed by atoms with Gasteiger partial charge in [-0.05, 0) is 0 Å². The van der Waals surface area contributed by atoms with E-state index in [1.165, 1.54) is 17.6 Å². The normalized spacial score (nSPS) is 12.4. The Balaban J connectivity index is 2.78. The number of nitrogens with two attached hydrogens (primary N) is 1. The van der Waals surface area contributed by atoms with Crippen LogP contribution in [0.5, 0.6) is 0 Å². The Morgan fingerprint density at radius 2 is 2.64 bits per heavy atom. The summed E-state index contributed by atoms with van der Waals surface area (Å²) in [5.74, 6) is 2.44. The fraction of sp³-hybridized carbons (Fsp3) is 0.286. The Kier molecular flexibility index (Phi) is 2.47. The third-order valence-corrected chi connectivity index (χ3v) is 2.21. The zero-order valence-electron chi connectivity index (χ0n) is 5.83. The van der Waals surface area contributed by atoms with Gasteiger partial charge in [0, 0.05) is 17.4 Å². The number of aromatic amines is 1. The molecule has 1 aromatic rings. The first-order valence-corrected chi connectivity index (χ1v) is 3.93. The Labute approximate surface area is 68.4 Å². The van der Waals surface area contributed by atoms with E-state index >= 15 is 0 Å². The summed E-state index contributed by atoms with van der Waals surface area (Å²) in [4.78, 5) is 11.5. The number of rotatable bonds is 2. The molecule has 0 radical (unpaired) electrons. The quantitative estimate of drug-likeness (QED) is 0.630. The number of hydrogen-bond donors (Lipinski definition) is 2. The first-order valence-electron chi connectivity index (χ1n) is 3.11. The van der Waals surface area contributed by atoms with Gasteiger partial charge in [0.05, 0.1) is 6.04 Å². The lowest BCUT2D eigenvalue weighted by Crippen LogP contribution is -2.07. The SMILES string of the molecule is C#CC[C@@H](N)c1cc(=O)[nH]s1. The molecule has 0 aliphatic carbocycles. The van der Waals surface area contributed by atoms with Gasteiger partial charge in [0.2, 0.25) is 0 Å². The van der Waals surface area contributed by atoms with Crippen LogP contribution in [-0.4, -0.2) is 4.37 Å². The minimum absolute atomic E-state index is 0.113. The van der Waals surface area contributed by atoms with Crippen LogP contribution in [0.4, 0.5) is 0 Å². The molecule has 1 rings (SSSR count). The molecular formula is C7H8N2OS. The van der Waals surface area contributed by atoms with Gasteiger partial charge in [-0.25, -0.2) is 0 Å². The van der Waals surface area contributed by atoms with Crippen LogP contribution in [-0.2, 0) is 0 Å². The predicted octanol–water partition coefficient (Wildman–Crippen LogP) is 0.460. The van der Waals surface area contributed by atoms with Gasteiger partial charge < -0.3 is 5.73 Å².